The second-order valence-electron chi connectivity index (χ2n) is 9.99. The van der Waals surface area contributed by atoms with Gasteiger partial charge in [0.05, 0.1) is 0 Å². The summed E-state index contributed by atoms with van der Waals surface area (Å²) in [5.41, 5.74) is 1.97. The van der Waals surface area contributed by atoms with Crippen molar-refractivity contribution in [1.82, 2.24) is 0 Å². The van der Waals surface area contributed by atoms with Gasteiger partial charge in [-0.05, 0) is 42.2 Å². The molecule has 1 N–H and O–H groups in total. The molecule has 3 nitrogen and oxygen atoms in total. The summed E-state index contributed by atoms with van der Waals surface area (Å²) in [6, 6.07) is 9.76. The molecule has 0 aliphatic heterocycles. The second-order valence-corrected chi connectivity index (χ2v) is 11.3. The maximum absolute atomic E-state index is 12.5. The van der Waals surface area contributed by atoms with Gasteiger partial charge in [-0.3, -0.25) is 4.55 Å². The van der Waals surface area contributed by atoms with Gasteiger partial charge in [0.2, 0.25) is 0 Å². The number of benzene rings is 2. The van der Waals surface area contributed by atoms with Gasteiger partial charge in [0.15, 0.2) is 0 Å². The van der Waals surface area contributed by atoms with E-state index in [9.17, 15) is 13.0 Å². The predicted molar refractivity (Wildman–Crippen MR) is 152 cm³/mol. The number of unbranched alkanes of at least 4 members (excludes halogenated alkanes) is 14. The SMILES string of the molecule is CCCCCCCCCCc1cc2ccccc2c(S(=O)(=O)O)c1CCCCCCCCCC.[Na]. The molecule has 2 aromatic rings. The van der Waals surface area contributed by atoms with Crippen molar-refractivity contribution >= 4 is 50.4 Å². The summed E-state index contributed by atoms with van der Waals surface area (Å²) in [6.45, 7) is 4.48. The molecule has 0 atom stereocenters. The van der Waals surface area contributed by atoms with Crippen LogP contribution in [0.4, 0.5) is 0 Å². The van der Waals surface area contributed by atoms with E-state index in [4.69, 9.17) is 0 Å². The molecule has 0 bridgehead atoms. The molecule has 0 amide bonds. The summed E-state index contributed by atoms with van der Waals surface area (Å²) in [7, 11) is -4.29. The average molecular weight is 512 g/mol. The van der Waals surface area contributed by atoms with Gasteiger partial charge in [-0.25, -0.2) is 0 Å². The maximum Gasteiger partial charge on any atom is 0.295 e. The molecule has 2 aromatic carbocycles. The quantitative estimate of drug-likeness (QED) is 0.116. The van der Waals surface area contributed by atoms with Gasteiger partial charge in [-0.2, -0.15) is 8.42 Å². The molecular formula is C30H48NaO3S. The fourth-order valence-electron chi connectivity index (χ4n) is 5.09. The van der Waals surface area contributed by atoms with Crippen LogP contribution < -0.4 is 0 Å². The van der Waals surface area contributed by atoms with Gasteiger partial charge in [0.1, 0.15) is 4.90 Å². The Bertz CT molecular complexity index is 940. The van der Waals surface area contributed by atoms with Crippen LogP contribution in [0, 0.1) is 0 Å². The Morgan fingerprint density at radius 2 is 1.11 bits per heavy atom. The Morgan fingerprint density at radius 3 is 1.63 bits per heavy atom. The Balaban J connectivity index is 0.00000612. The number of aryl methyl sites for hydroxylation is 1. The van der Waals surface area contributed by atoms with E-state index in [2.05, 4.69) is 19.9 Å². The minimum atomic E-state index is -4.29. The minimum absolute atomic E-state index is 0. The Labute approximate surface area is 237 Å². The topological polar surface area (TPSA) is 54.4 Å². The Morgan fingerprint density at radius 1 is 0.657 bits per heavy atom. The van der Waals surface area contributed by atoms with Crippen LogP contribution in [0.2, 0.25) is 0 Å². The van der Waals surface area contributed by atoms with Crippen LogP contribution in [0.3, 0.4) is 0 Å². The molecule has 0 heterocycles. The van der Waals surface area contributed by atoms with Crippen molar-refractivity contribution in [2.45, 2.75) is 134 Å². The zero-order valence-corrected chi connectivity index (χ0v) is 25.6. The number of rotatable bonds is 19. The average Bonchev–Trinajstić information content (AvgIpc) is 2.81. The molecule has 0 aliphatic carbocycles. The zero-order chi connectivity index (χ0) is 24.7. The Kier molecular flexibility index (Phi) is 17.5. The van der Waals surface area contributed by atoms with Crippen molar-refractivity contribution < 1.29 is 13.0 Å². The largest absolute Gasteiger partial charge is 0.295 e. The van der Waals surface area contributed by atoms with Gasteiger partial charge >= 0.3 is 0 Å². The second kappa shape index (κ2) is 18.8. The molecule has 0 spiro atoms. The summed E-state index contributed by atoms with van der Waals surface area (Å²) >= 11 is 0. The van der Waals surface area contributed by atoms with E-state index < -0.39 is 10.1 Å². The van der Waals surface area contributed by atoms with Crippen LogP contribution in [-0.4, -0.2) is 42.5 Å². The molecule has 0 unspecified atom stereocenters. The fraction of sp³-hybridized carbons (Fsp3) is 0.667. The third kappa shape index (κ3) is 12.1. The first-order valence-corrected chi connectivity index (χ1v) is 15.4. The van der Waals surface area contributed by atoms with E-state index >= 15 is 0 Å². The van der Waals surface area contributed by atoms with Crippen LogP contribution in [0.1, 0.15) is 128 Å². The summed E-state index contributed by atoms with van der Waals surface area (Å²) in [5.74, 6) is 0. The molecule has 0 fully saturated rings. The molecule has 1 radical (unpaired) electrons. The van der Waals surface area contributed by atoms with Crippen LogP contribution >= 0.6 is 0 Å². The summed E-state index contributed by atoms with van der Waals surface area (Å²) in [4.78, 5) is 0.156. The van der Waals surface area contributed by atoms with Gasteiger partial charge < -0.3 is 0 Å². The van der Waals surface area contributed by atoms with E-state index in [0.29, 0.717) is 5.39 Å². The van der Waals surface area contributed by atoms with Crippen molar-refractivity contribution in [2.24, 2.45) is 0 Å². The van der Waals surface area contributed by atoms with Crippen molar-refractivity contribution in [1.29, 1.82) is 0 Å². The first-order valence-electron chi connectivity index (χ1n) is 14.0. The third-order valence-electron chi connectivity index (χ3n) is 7.03. The predicted octanol–water partition coefficient (Wildman–Crippen LogP) is 9.07. The fourth-order valence-corrected chi connectivity index (χ4v) is 6.10. The van der Waals surface area contributed by atoms with Crippen molar-refractivity contribution in [3.8, 4) is 0 Å². The maximum atomic E-state index is 12.5. The van der Waals surface area contributed by atoms with E-state index in [1.807, 2.05) is 24.3 Å². The summed E-state index contributed by atoms with van der Waals surface area (Å²) < 4.78 is 35.2. The smallest absolute Gasteiger partial charge is 0.282 e. The third-order valence-corrected chi connectivity index (χ3v) is 8.02. The van der Waals surface area contributed by atoms with Gasteiger partial charge in [0.25, 0.3) is 10.1 Å². The van der Waals surface area contributed by atoms with Gasteiger partial charge in [-0.15, -0.1) is 0 Å². The normalized spacial score (nSPS) is 11.6. The molecule has 35 heavy (non-hydrogen) atoms. The van der Waals surface area contributed by atoms with Crippen molar-refractivity contribution in [3.63, 3.8) is 0 Å². The van der Waals surface area contributed by atoms with E-state index in [0.717, 1.165) is 48.6 Å². The molecular weight excluding hydrogens is 463 g/mol. The van der Waals surface area contributed by atoms with Crippen LogP contribution in [-0.2, 0) is 23.0 Å². The van der Waals surface area contributed by atoms with Gasteiger partial charge in [0, 0.05) is 34.9 Å². The minimum Gasteiger partial charge on any atom is -0.282 e. The monoisotopic (exact) mass is 511 g/mol. The molecule has 2 rings (SSSR count). The van der Waals surface area contributed by atoms with Crippen LogP contribution in [0.25, 0.3) is 10.8 Å². The first kappa shape index (κ1) is 32.6. The zero-order valence-electron chi connectivity index (χ0n) is 22.8. The first-order chi connectivity index (χ1) is 16.5. The van der Waals surface area contributed by atoms with Gasteiger partial charge in [-0.1, -0.05) is 134 Å². The molecule has 5 heteroatoms. The van der Waals surface area contributed by atoms with E-state index in [1.54, 1.807) is 0 Å². The molecule has 193 valence electrons. The van der Waals surface area contributed by atoms with Crippen molar-refractivity contribution in [3.05, 3.63) is 41.5 Å². The number of fused-ring (bicyclic) bond motifs is 1. The number of hydrogen-bond donors (Lipinski definition) is 1. The standard InChI is InChI=1S/C30H48O3S.Na/c1-3-5-7-9-11-13-15-17-21-26-25-27-22-19-20-24-29(27)30(34(31,32)33)28(26)23-18-16-14-12-10-8-6-4-2;/h19-20,22,24-25H,3-18,21,23H2,1-2H3,(H,31,32,33);. The molecule has 0 saturated carbocycles. The number of hydrogen-bond acceptors (Lipinski definition) is 2. The molecule has 0 aromatic heterocycles. The summed E-state index contributed by atoms with van der Waals surface area (Å²) in [6.07, 6.45) is 21.4. The van der Waals surface area contributed by atoms with E-state index in [1.165, 1.54) is 83.5 Å². The van der Waals surface area contributed by atoms with Crippen LogP contribution in [0.5, 0.6) is 0 Å². The van der Waals surface area contributed by atoms with Crippen LogP contribution in [0.15, 0.2) is 35.2 Å². The van der Waals surface area contributed by atoms with Crippen molar-refractivity contribution in [2.75, 3.05) is 0 Å². The summed E-state index contributed by atoms with van der Waals surface area (Å²) in [5, 5.41) is 1.56. The Hall–Kier alpha value is -0.390. The van der Waals surface area contributed by atoms with E-state index in [-0.39, 0.29) is 34.5 Å². The molecule has 0 saturated heterocycles. The molecule has 0 aliphatic rings.